The molecule has 0 aliphatic carbocycles. The third-order valence-corrected chi connectivity index (χ3v) is 5.51. The number of amides is 1. The number of hydrogen-bond donors (Lipinski definition) is 2. The van der Waals surface area contributed by atoms with Gasteiger partial charge in [0.2, 0.25) is 0 Å². The second-order valence-electron chi connectivity index (χ2n) is 6.21. The lowest BCUT2D eigenvalue weighted by Crippen LogP contribution is -2.14. The Morgan fingerprint density at radius 3 is 2.17 bits per heavy atom. The van der Waals surface area contributed by atoms with E-state index in [1.54, 1.807) is 37.3 Å². The predicted molar refractivity (Wildman–Crippen MR) is 109 cm³/mol. The lowest BCUT2D eigenvalue weighted by Gasteiger charge is -2.09. The molecule has 0 heterocycles. The summed E-state index contributed by atoms with van der Waals surface area (Å²) >= 11 is 0. The summed E-state index contributed by atoms with van der Waals surface area (Å²) in [6.45, 7) is 1.61. The largest absolute Gasteiger partial charge is 0.322 e. The van der Waals surface area contributed by atoms with Crippen LogP contribution < -0.4 is 10.0 Å². The molecule has 2 N–H and O–H groups in total. The Balaban J connectivity index is 1.72. The summed E-state index contributed by atoms with van der Waals surface area (Å²) in [6.07, 6.45) is 0. The van der Waals surface area contributed by atoms with Crippen molar-refractivity contribution in [1.29, 1.82) is 0 Å². The number of carbonyl (C=O) groups is 1. The Morgan fingerprint density at radius 2 is 1.55 bits per heavy atom. The zero-order valence-electron chi connectivity index (χ0n) is 15.3. The Morgan fingerprint density at radius 1 is 0.931 bits per heavy atom. The molecular formula is C20H17N3O5S. The number of carbonyl (C=O) groups excluding carboxylic acids is 1. The van der Waals surface area contributed by atoms with E-state index in [2.05, 4.69) is 10.0 Å². The summed E-state index contributed by atoms with van der Waals surface area (Å²) in [6, 6.07) is 18.2. The van der Waals surface area contributed by atoms with Crippen LogP contribution in [0.25, 0.3) is 0 Å². The van der Waals surface area contributed by atoms with Gasteiger partial charge in [-0.3, -0.25) is 19.6 Å². The van der Waals surface area contributed by atoms with Crippen LogP contribution in [0, 0.1) is 17.0 Å². The van der Waals surface area contributed by atoms with Crippen LogP contribution in [0.15, 0.2) is 77.7 Å². The fraction of sp³-hybridized carbons (Fsp3) is 0.0500. The van der Waals surface area contributed by atoms with Gasteiger partial charge in [0.25, 0.3) is 21.6 Å². The van der Waals surface area contributed by atoms with Crippen LogP contribution >= 0.6 is 0 Å². The van der Waals surface area contributed by atoms with E-state index in [0.717, 1.165) is 0 Å². The average Bonchev–Trinajstić information content (AvgIpc) is 2.70. The summed E-state index contributed by atoms with van der Waals surface area (Å²) < 4.78 is 27.1. The minimum atomic E-state index is -3.73. The summed E-state index contributed by atoms with van der Waals surface area (Å²) in [7, 11) is -3.73. The Kier molecular flexibility index (Phi) is 5.60. The number of aryl methyl sites for hydroxylation is 1. The number of rotatable bonds is 6. The number of sulfonamides is 1. The number of anilines is 2. The molecule has 3 rings (SSSR count). The van der Waals surface area contributed by atoms with Crippen molar-refractivity contribution in [3.63, 3.8) is 0 Å². The number of nitrogens with one attached hydrogen (secondary N) is 2. The lowest BCUT2D eigenvalue weighted by atomic mass is 10.1. The standard InChI is InChI=1S/C20H17N3O5S/c1-14-7-10-17(13-19(14)23(25)26)21-20(24)15-8-11-16(12-9-15)22-29(27,28)18-5-3-2-4-6-18/h2-13,22H,1H3,(H,21,24). The molecule has 8 nitrogen and oxygen atoms in total. The first kappa shape index (κ1) is 20.0. The highest BCUT2D eigenvalue weighted by Crippen LogP contribution is 2.23. The first-order valence-electron chi connectivity index (χ1n) is 8.50. The number of nitro benzene ring substituents is 1. The maximum Gasteiger partial charge on any atom is 0.274 e. The molecule has 0 unspecified atom stereocenters. The molecule has 0 spiro atoms. The van der Waals surface area contributed by atoms with Gasteiger partial charge in [0, 0.05) is 28.6 Å². The van der Waals surface area contributed by atoms with Crippen molar-refractivity contribution >= 4 is 33.0 Å². The van der Waals surface area contributed by atoms with Crippen molar-refractivity contribution in [2.24, 2.45) is 0 Å². The van der Waals surface area contributed by atoms with Crippen LogP contribution in [0.2, 0.25) is 0 Å². The van der Waals surface area contributed by atoms with Gasteiger partial charge in [-0.15, -0.1) is 0 Å². The molecule has 0 saturated heterocycles. The van der Waals surface area contributed by atoms with Crippen LogP contribution in [0.3, 0.4) is 0 Å². The fourth-order valence-electron chi connectivity index (χ4n) is 2.59. The zero-order chi connectivity index (χ0) is 21.0. The number of benzene rings is 3. The van der Waals surface area contributed by atoms with Gasteiger partial charge in [0.05, 0.1) is 9.82 Å². The first-order valence-corrected chi connectivity index (χ1v) is 9.99. The lowest BCUT2D eigenvalue weighted by molar-refractivity contribution is -0.385. The van der Waals surface area contributed by atoms with Crippen molar-refractivity contribution in [3.8, 4) is 0 Å². The molecule has 0 aliphatic rings. The van der Waals surface area contributed by atoms with Crippen molar-refractivity contribution in [1.82, 2.24) is 0 Å². The van der Waals surface area contributed by atoms with Gasteiger partial charge in [0.15, 0.2) is 0 Å². The third kappa shape index (κ3) is 4.77. The van der Waals surface area contributed by atoms with E-state index in [4.69, 9.17) is 0 Å². The molecule has 0 aliphatic heterocycles. The fourth-order valence-corrected chi connectivity index (χ4v) is 3.67. The van der Waals surface area contributed by atoms with Gasteiger partial charge in [0.1, 0.15) is 0 Å². The van der Waals surface area contributed by atoms with Crippen molar-refractivity contribution in [2.45, 2.75) is 11.8 Å². The van der Waals surface area contributed by atoms with Gasteiger partial charge in [-0.2, -0.15) is 0 Å². The van der Waals surface area contributed by atoms with E-state index in [9.17, 15) is 23.3 Å². The molecule has 29 heavy (non-hydrogen) atoms. The molecule has 3 aromatic carbocycles. The molecule has 0 saturated carbocycles. The van der Waals surface area contributed by atoms with Gasteiger partial charge in [-0.25, -0.2) is 8.42 Å². The quantitative estimate of drug-likeness (QED) is 0.470. The molecule has 148 valence electrons. The maximum atomic E-state index is 12.4. The highest BCUT2D eigenvalue weighted by molar-refractivity contribution is 7.92. The van der Waals surface area contributed by atoms with Crippen molar-refractivity contribution < 1.29 is 18.1 Å². The Labute approximate surface area is 167 Å². The third-order valence-electron chi connectivity index (χ3n) is 4.12. The van der Waals surface area contributed by atoms with E-state index in [1.165, 1.54) is 42.5 Å². The van der Waals surface area contributed by atoms with E-state index in [1.807, 2.05) is 0 Å². The molecule has 1 amide bonds. The summed E-state index contributed by atoms with van der Waals surface area (Å²) in [5.41, 5.74) is 1.27. The Bertz CT molecular complexity index is 1160. The molecular weight excluding hydrogens is 394 g/mol. The number of hydrogen-bond acceptors (Lipinski definition) is 5. The molecule has 0 fully saturated rings. The smallest absolute Gasteiger partial charge is 0.274 e. The molecule has 0 aromatic heterocycles. The average molecular weight is 411 g/mol. The summed E-state index contributed by atoms with van der Waals surface area (Å²) in [5.74, 6) is -0.472. The first-order chi connectivity index (χ1) is 13.8. The summed E-state index contributed by atoms with van der Waals surface area (Å²) in [4.78, 5) is 23.0. The van der Waals surface area contributed by atoms with E-state index < -0.39 is 20.9 Å². The molecule has 3 aromatic rings. The predicted octanol–water partition coefficient (Wildman–Crippen LogP) is 3.96. The van der Waals surface area contributed by atoms with Gasteiger partial charge in [-0.05, 0) is 49.4 Å². The maximum absolute atomic E-state index is 12.4. The van der Waals surface area contributed by atoms with Crippen LogP contribution in [0.1, 0.15) is 15.9 Å². The van der Waals surface area contributed by atoms with E-state index >= 15 is 0 Å². The molecule has 0 atom stereocenters. The molecule has 0 radical (unpaired) electrons. The molecule has 0 bridgehead atoms. The van der Waals surface area contributed by atoms with E-state index in [0.29, 0.717) is 16.9 Å². The minimum absolute atomic E-state index is 0.0894. The minimum Gasteiger partial charge on any atom is -0.322 e. The topological polar surface area (TPSA) is 118 Å². The second kappa shape index (κ2) is 8.11. The SMILES string of the molecule is Cc1ccc(NC(=O)c2ccc(NS(=O)(=O)c3ccccc3)cc2)cc1[N+](=O)[O-]. The number of nitrogens with zero attached hydrogens (tertiary/aromatic N) is 1. The van der Waals surface area contributed by atoms with Crippen LogP contribution in [-0.2, 0) is 10.0 Å². The summed E-state index contributed by atoms with van der Waals surface area (Å²) in [5, 5.41) is 13.6. The Hall–Kier alpha value is -3.72. The van der Waals surface area contributed by atoms with Crippen LogP contribution in [0.5, 0.6) is 0 Å². The normalized spacial score (nSPS) is 10.9. The van der Waals surface area contributed by atoms with Crippen LogP contribution in [0.4, 0.5) is 17.1 Å². The monoisotopic (exact) mass is 411 g/mol. The second-order valence-corrected chi connectivity index (χ2v) is 7.89. The van der Waals surface area contributed by atoms with Gasteiger partial charge in [-0.1, -0.05) is 24.3 Å². The highest BCUT2D eigenvalue weighted by atomic mass is 32.2. The number of nitro groups is 1. The van der Waals surface area contributed by atoms with E-state index in [-0.39, 0.29) is 16.1 Å². The zero-order valence-corrected chi connectivity index (χ0v) is 16.1. The van der Waals surface area contributed by atoms with Gasteiger partial charge >= 0.3 is 0 Å². The van der Waals surface area contributed by atoms with Gasteiger partial charge < -0.3 is 5.32 Å². The highest BCUT2D eigenvalue weighted by Gasteiger charge is 2.15. The van der Waals surface area contributed by atoms with Crippen molar-refractivity contribution in [3.05, 3.63) is 94.0 Å². The van der Waals surface area contributed by atoms with Crippen LogP contribution in [-0.4, -0.2) is 19.2 Å². The molecule has 9 heteroatoms. The van der Waals surface area contributed by atoms with Crippen molar-refractivity contribution in [2.75, 3.05) is 10.0 Å².